The highest BCUT2D eigenvalue weighted by Gasteiger charge is 2.16. The third-order valence-electron chi connectivity index (χ3n) is 4.99. The molecule has 2 aromatic heterocycles. The van der Waals surface area contributed by atoms with Crippen LogP contribution in [0.25, 0.3) is 5.69 Å². The van der Waals surface area contributed by atoms with Gasteiger partial charge in [0.05, 0.1) is 30.7 Å². The highest BCUT2D eigenvalue weighted by atomic mass is 16.5. The monoisotopic (exact) mass is 429 g/mol. The second-order valence-corrected chi connectivity index (χ2v) is 7.18. The van der Waals surface area contributed by atoms with Crippen molar-refractivity contribution in [3.8, 4) is 5.69 Å². The Bertz CT molecular complexity index is 1210. The van der Waals surface area contributed by atoms with Crippen LogP contribution in [0.1, 0.15) is 38.9 Å². The number of anilines is 1. The average Bonchev–Trinajstić information content (AvgIpc) is 3.45. The Morgan fingerprint density at radius 1 is 1.03 bits per heavy atom. The summed E-state index contributed by atoms with van der Waals surface area (Å²) in [5, 5.41) is 11.4. The summed E-state index contributed by atoms with van der Waals surface area (Å²) in [5.74, 6) is -0.608. The molecule has 0 radical (unpaired) electrons. The number of benzene rings is 2. The summed E-state index contributed by atoms with van der Waals surface area (Å²) in [4.78, 5) is 24.6. The molecule has 0 spiro atoms. The molecule has 4 rings (SSSR count). The van der Waals surface area contributed by atoms with Crippen molar-refractivity contribution in [2.45, 2.75) is 20.4 Å². The highest BCUT2D eigenvalue weighted by molar-refractivity contribution is 6.04. The van der Waals surface area contributed by atoms with Gasteiger partial charge in [0.2, 0.25) is 0 Å². The van der Waals surface area contributed by atoms with E-state index in [1.165, 1.54) is 6.20 Å². The molecule has 0 aliphatic heterocycles. The lowest BCUT2D eigenvalue weighted by atomic mass is 10.1. The molecule has 2 heterocycles. The first-order chi connectivity index (χ1) is 15.5. The number of nitrogens with zero attached hydrogens (tertiary/aromatic N) is 4. The van der Waals surface area contributed by atoms with Crippen LogP contribution >= 0.6 is 0 Å². The van der Waals surface area contributed by atoms with Crippen LogP contribution in [0.5, 0.6) is 0 Å². The molecule has 0 fully saturated rings. The zero-order chi connectivity index (χ0) is 22.5. The smallest absolute Gasteiger partial charge is 0.341 e. The third-order valence-corrected chi connectivity index (χ3v) is 4.99. The van der Waals surface area contributed by atoms with E-state index in [4.69, 9.17) is 4.74 Å². The molecular weight excluding hydrogens is 406 g/mol. The quantitative estimate of drug-likeness (QED) is 0.451. The summed E-state index contributed by atoms with van der Waals surface area (Å²) in [6.45, 7) is 4.54. The van der Waals surface area contributed by atoms with Crippen molar-refractivity contribution in [1.82, 2.24) is 19.6 Å². The second kappa shape index (κ2) is 9.30. The first kappa shape index (κ1) is 21.0. The summed E-state index contributed by atoms with van der Waals surface area (Å²) in [6.07, 6.45) is 5.14. The predicted octanol–water partition coefficient (Wildman–Crippen LogP) is 3.85. The molecule has 0 aliphatic carbocycles. The second-order valence-electron chi connectivity index (χ2n) is 7.18. The largest absolute Gasteiger partial charge is 0.462 e. The summed E-state index contributed by atoms with van der Waals surface area (Å²) in [6, 6.07) is 16.6. The summed E-state index contributed by atoms with van der Waals surface area (Å²) >= 11 is 0. The van der Waals surface area contributed by atoms with Gasteiger partial charge in [0.15, 0.2) is 0 Å². The fourth-order valence-corrected chi connectivity index (χ4v) is 3.31. The van der Waals surface area contributed by atoms with Crippen LogP contribution in [-0.2, 0) is 11.3 Å². The van der Waals surface area contributed by atoms with Crippen molar-refractivity contribution >= 4 is 17.6 Å². The number of amides is 1. The Labute approximate surface area is 185 Å². The van der Waals surface area contributed by atoms with Gasteiger partial charge in [0, 0.05) is 23.6 Å². The topological polar surface area (TPSA) is 91.0 Å². The van der Waals surface area contributed by atoms with Crippen LogP contribution in [0, 0.1) is 6.92 Å². The van der Waals surface area contributed by atoms with Crippen LogP contribution in [0.4, 0.5) is 5.69 Å². The summed E-state index contributed by atoms with van der Waals surface area (Å²) < 4.78 is 8.53. The summed E-state index contributed by atoms with van der Waals surface area (Å²) in [5.41, 5.74) is 4.17. The lowest BCUT2D eigenvalue weighted by Crippen LogP contribution is -2.12. The number of rotatable bonds is 7. The Hall–Kier alpha value is -4.20. The molecule has 1 amide bonds. The predicted molar refractivity (Wildman–Crippen MR) is 120 cm³/mol. The number of aromatic nitrogens is 4. The normalized spacial score (nSPS) is 10.7. The standard InChI is InChI=1S/C24H23N5O3/c1-3-32-24(31)22-15-26-29(17(22)2)21-11-7-19(8-12-21)23(30)27-20-9-5-18(6-10-20)16-28-14-4-13-25-28/h4-15H,3,16H2,1-2H3,(H,27,30). The van der Waals surface area contributed by atoms with Gasteiger partial charge in [-0.05, 0) is 61.9 Å². The number of ether oxygens (including phenoxy) is 1. The molecule has 0 aliphatic rings. The van der Waals surface area contributed by atoms with Crippen LogP contribution in [-0.4, -0.2) is 38.0 Å². The minimum absolute atomic E-state index is 0.208. The molecule has 0 saturated carbocycles. The van der Waals surface area contributed by atoms with E-state index in [-0.39, 0.29) is 5.91 Å². The van der Waals surface area contributed by atoms with Crippen molar-refractivity contribution in [2.75, 3.05) is 11.9 Å². The van der Waals surface area contributed by atoms with E-state index >= 15 is 0 Å². The lowest BCUT2D eigenvalue weighted by Gasteiger charge is -2.09. The molecule has 2 aromatic carbocycles. The van der Waals surface area contributed by atoms with Gasteiger partial charge in [0.25, 0.3) is 5.91 Å². The Kier molecular flexibility index (Phi) is 6.12. The van der Waals surface area contributed by atoms with E-state index in [1.54, 1.807) is 49.0 Å². The van der Waals surface area contributed by atoms with Gasteiger partial charge in [-0.2, -0.15) is 10.2 Å². The first-order valence-corrected chi connectivity index (χ1v) is 10.2. The van der Waals surface area contributed by atoms with E-state index in [0.29, 0.717) is 35.7 Å². The first-order valence-electron chi connectivity index (χ1n) is 10.2. The van der Waals surface area contributed by atoms with E-state index in [2.05, 4.69) is 15.5 Å². The maximum absolute atomic E-state index is 12.6. The van der Waals surface area contributed by atoms with Crippen molar-refractivity contribution in [3.05, 3.63) is 95.6 Å². The van der Waals surface area contributed by atoms with Crippen molar-refractivity contribution in [1.29, 1.82) is 0 Å². The molecule has 0 saturated heterocycles. The number of esters is 1. The van der Waals surface area contributed by atoms with Crippen molar-refractivity contribution in [2.24, 2.45) is 0 Å². The van der Waals surface area contributed by atoms with E-state index < -0.39 is 5.97 Å². The molecule has 8 nitrogen and oxygen atoms in total. The van der Waals surface area contributed by atoms with Crippen molar-refractivity contribution < 1.29 is 14.3 Å². The average molecular weight is 429 g/mol. The number of hydrogen-bond donors (Lipinski definition) is 1. The van der Waals surface area contributed by atoms with Gasteiger partial charge < -0.3 is 10.1 Å². The molecule has 0 unspecified atom stereocenters. The van der Waals surface area contributed by atoms with Crippen LogP contribution in [0.2, 0.25) is 0 Å². The number of nitrogens with one attached hydrogen (secondary N) is 1. The maximum atomic E-state index is 12.6. The fraction of sp³-hybridized carbons (Fsp3) is 0.167. The van der Waals surface area contributed by atoms with E-state index in [9.17, 15) is 9.59 Å². The molecule has 0 bridgehead atoms. The molecule has 1 N–H and O–H groups in total. The van der Waals surface area contributed by atoms with Crippen LogP contribution in [0.3, 0.4) is 0 Å². The molecule has 8 heteroatoms. The number of hydrogen-bond acceptors (Lipinski definition) is 5. The van der Waals surface area contributed by atoms with E-state index in [1.807, 2.05) is 41.2 Å². The SMILES string of the molecule is CCOC(=O)c1cnn(-c2ccc(C(=O)Nc3ccc(Cn4cccn4)cc3)cc2)c1C. The van der Waals surface area contributed by atoms with Crippen LogP contribution in [0.15, 0.2) is 73.2 Å². The molecule has 0 atom stereocenters. The van der Waals surface area contributed by atoms with Gasteiger partial charge in [-0.15, -0.1) is 0 Å². The Balaban J connectivity index is 1.42. The zero-order valence-corrected chi connectivity index (χ0v) is 17.9. The molecular formula is C24H23N5O3. The number of carbonyl (C=O) groups is 2. The minimum Gasteiger partial charge on any atom is -0.462 e. The minimum atomic E-state index is -0.400. The van der Waals surface area contributed by atoms with Crippen LogP contribution < -0.4 is 5.32 Å². The van der Waals surface area contributed by atoms with Gasteiger partial charge in [-0.25, -0.2) is 9.48 Å². The summed E-state index contributed by atoms with van der Waals surface area (Å²) in [7, 11) is 0. The third kappa shape index (κ3) is 4.59. The fourth-order valence-electron chi connectivity index (χ4n) is 3.31. The Morgan fingerprint density at radius 3 is 2.44 bits per heavy atom. The maximum Gasteiger partial charge on any atom is 0.341 e. The van der Waals surface area contributed by atoms with Gasteiger partial charge in [-0.1, -0.05) is 12.1 Å². The van der Waals surface area contributed by atoms with Gasteiger partial charge in [0.1, 0.15) is 5.56 Å². The Morgan fingerprint density at radius 2 is 1.78 bits per heavy atom. The lowest BCUT2D eigenvalue weighted by molar-refractivity contribution is 0.0525. The molecule has 162 valence electrons. The van der Waals surface area contributed by atoms with Gasteiger partial charge in [-0.3, -0.25) is 9.48 Å². The highest BCUT2D eigenvalue weighted by Crippen LogP contribution is 2.17. The van der Waals surface area contributed by atoms with Gasteiger partial charge >= 0.3 is 5.97 Å². The number of carbonyl (C=O) groups excluding carboxylic acids is 2. The molecule has 4 aromatic rings. The zero-order valence-electron chi connectivity index (χ0n) is 17.9. The van der Waals surface area contributed by atoms with Crippen molar-refractivity contribution in [3.63, 3.8) is 0 Å². The van der Waals surface area contributed by atoms with E-state index in [0.717, 1.165) is 11.3 Å². The molecule has 32 heavy (non-hydrogen) atoms.